The number of hydrogen-bond donors (Lipinski definition) is 0. The van der Waals surface area contributed by atoms with Crippen LogP contribution in [0.5, 0.6) is 0 Å². The van der Waals surface area contributed by atoms with Gasteiger partial charge in [-0.25, -0.2) is 0 Å². The van der Waals surface area contributed by atoms with E-state index in [-0.39, 0.29) is 63.2 Å². The minimum Gasteiger partial charge on any atom is -0.545 e. The summed E-state index contributed by atoms with van der Waals surface area (Å²) in [6.07, 6.45) is 0. The van der Waals surface area contributed by atoms with Crippen LogP contribution in [-0.2, 0) is 0 Å². The number of carbonyl (C=O) groups is 2. The largest absolute Gasteiger partial charge is 2.00 e. The molecule has 0 heterocycles. The quantitative estimate of drug-likeness (QED) is 0.542. The molecule has 0 aliphatic carbocycles. The van der Waals surface area contributed by atoms with Crippen molar-refractivity contribution < 1.29 is 19.8 Å². The van der Waals surface area contributed by atoms with Crippen LogP contribution in [0, 0.1) is 0 Å². The van der Waals surface area contributed by atoms with Crippen molar-refractivity contribution in [3.63, 3.8) is 0 Å². The fraction of sp³-hybridized carbons (Fsp3) is 0. The van der Waals surface area contributed by atoms with Crippen molar-refractivity contribution in [2.75, 3.05) is 0 Å². The van der Waals surface area contributed by atoms with Gasteiger partial charge >= 0.3 is 27.3 Å². The molecule has 7 heteroatoms. The first kappa shape index (κ1) is 20.1. The third-order valence-corrected chi connectivity index (χ3v) is 1.37. The predicted octanol–water partition coefficient (Wildman–Crippen LogP) is -1.12. The van der Waals surface area contributed by atoms with E-state index in [9.17, 15) is 19.8 Å². The predicted molar refractivity (Wildman–Crippen MR) is 55.4 cm³/mol. The first-order valence-corrected chi connectivity index (χ1v) is 3.14. The van der Waals surface area contributed by atoms with Crippen molar-refractivity contribution in [1.29, 1.82) is 0 Å². The zero-order chi connectivity index (χ0) is 9.14. The number of halogens is 2. The molecule has 0 N–H and O–H groups in total. The molecule has 0 aromatic heterocycles. The van der Waals surface area contributed by atoms with Gasteiger partial charge in [0.2, 0.25) is 0 Å². The average molecular weight is 444 g/mol. The standard InChI is InChI=1S/C8H6O4.2ClH.Pb/c9-7(10)5-3-1-2-4-6(5)8(11)12;;;/h1-4H,(H,9,10)(H,11,12);2*1H;/q;;;+2/p-2. The maximum Gasteiger partial charge on any atom is 2.00 e. The monoisotopic (exact) mass is 444 g/mol. The molecule has 0 saturated heterocycles. The van der Waals surface area contributed by atoms with Crippen LogP contribution < -0.4 is 10.2 Å². The van der Waals surface area contributed by atoms with Crippen molar-refractivity contribution in [3.8, 4) is 0 Å². The Morgan fingerprint density at radius 1 is 0.867 bits per heavy atom. The summed E-state index contributed by atoms with van der Waals surface area (Å²) in [6, 6.07) is 5.14. The van der Waals surface area contributed by atoms with E-state index in [2.05, 4.69) is 0 Å². The molecule has 0 aliphatic heterocycles. The van der Waals surface area contributed by atoms with Gasteiger partial charge in [-0.2, -0.15) is 0 Å². The van der Waals surface area contributed by atoms with Gasteiger partial charge in [-0.1, -0.05) is 24.3 Å². The summed E-state index contributed by atoms with van der Waals surface area (Å²) in [5.74, 6) is -3.04. The zero-order valence-corrected chi connectivity index (χ0v) is 12.8. The molecule has 0 fully saturated rings. The summed E-state index contributed by atoms with van der Waals surface area (Å²) in [5.41, 5.74) is -0.727. The van der Waals surface area contributed by atoms with E-state index in [1.54, 1.807) is 0 Å². The van der Waals surface area contributed by atoms with Gasteiger partial charge in [-0.05, 0) is 0 Å². The molecule has 1 rings (SSSR count). The van der Waals surface area contributed by atoms with Crippen molar-refractivity contribution >= 4 is 64.1 Å². The van der Waals surface area contributed by atoms with E-state index in [0.29, 0.717) is 0 Å². The average Bonchev–Trinajstić information content (AvgIpc) is 2.04. The SMILES string of the molecule is Cl.Cl.O=C([O-])c1ccccc1C(=O)[O-].[Pb+2]. The zero-order valence-electron chi connectivity index (χ0n) is 7.26. The fourth-order valence-electron chi connectivity index (χ4n) is 0.839. The molecule has 0 atom stereocenters. The van der Waals surface area contributed by atoms with Crippen LogP contribution in [0.1, 0.15) is 20.7 Å². The summed E-state index contributed by atoms with van der Waals surface area (Å²) in [5, 5.41) is 20.6. The molecule has 0 amide bonds. The second kappa shape index (κ2) is 8.93. The summed E-state index contributed by atoms with van der Waals surface area (Å²) in [7, 11) is 0. The van der Waals surface area contributed by atoms with Gasteiger partial charge < -0.3 is 19.8 Å². The number of hydrogen-bond acceptors (Lipinski definition) is 4. The number of carbonyl (C=O) groups excluding carboxylic acids is 2. The van der Waals surface area contributed by atoms with E-state index in [1.807, 2.05) is 0 Å². The Bertz CT molecular complexity index is 310. The van der Waals surface area contributed by atoms with Gasteiger partial charge in [0.25, 0.3) is 0 Å². The van der Waals surface area contributed by atoms with Crippen LogP contribution in [0.4, 0.5) is 0 Å². The molecule has 2 radical (unpaired) electrons. The third kappa shape index (κ3) is 5.34. The summed E-state index contributed by atoms with van der Waals surface area (Å²) < 4.78 is 0. The van der Waals surface area contributed by atoms with Gasteiger partial charge in [0.05, 0.1) is 11.9 Å². The first-order valence-electron chi connectivity index (χ1n) is 3.14. The molecule has 0 saturated carbocycles. The smallest absolute Gasteiger partial charge is 0.545 e. The molecule has 0 unspecified atom stereocenters. The number of carboxylic acid groups (broad SMARTS) is 2. The fourth-order valence-corrected chi connectivity index (χ4v) is 0.839. The minimum absolute atomic E-state index is 0. The van der Waals surface area contributed by atoms with Crippen LogP contribution in [0.2, 0.25) is 0 Å². The third-order valence-electron chi connectivity index (χ3n) is 1.37. The van der Waals surface area contributed by atoms with Crippen LogP contribution in [0.25, 0.3) is 0 Å². The summed E-state index contributed by atoms with van der Waals surface area (Å²) >= 11 is 0. The molecule has 0 bridgehead atoms. The summed E-state index contributed by atoms with van der Waals surface area (Å²) in [6.45, 7) is 0. The molecular formula is C8H6Cl2O4Pb. The Balaban J connectivity index is -0.000000480. The Morgan fingerprint density at radius 3 is 1.33 bits per heavy atom. The van der Waals surface area contributed by atoms with Gasteiger partial charge in [0.1, 0.15) is 0 Å². The van der Waals surface area contributed by atoms with E-state index in [1.165, 1.54) is 12.1 Å². The van der Waals surface area contributed by atoms with Crippen LogP contribution in [0.15, 0.2) is 24.3 Å². The summed E-state index contributed by atoms with van der Waals surface area (Å²) in [4.78, 5) is 20.6. The van der Waals surface area contributed by atoms with E-state index < -0.39 is 11.9 Å². The van der Waals surface area contributed by atoms with E-state index >= 15 is 0 Å². The Kier molecular flexibility index (Phi) is 12.0. The number of aromatic carboxylic acids is 2. The van der Waals surface area contributed by atoms with E-state index in [4.69, 9.17) is 0 Å². The van der Waals surface area contributed by atoms with Crippen molar-refractivity contribution in [2.45, 2.75) is 0 Å². The molecule has 1 aromatic rings. The van der Waals surface area contributed by atoms with Gasteiger partial charge in [-0.15, -0.1) is 24.8 Å². The van der Waals surface area contributed by atoms with Crippen LogP contribution in [0.3, 0.4) is 0 Å². The van der Waals surface area contributed by atoms with Crippen molar-refractivity contribution in [3.05, 3.63) is 35.4 Å². The number of benzene rings is 1. The Labute approximate surface area is 119 Å². The minimum atomic E-state index is -1.52. The Morgan fingerprint density at radius 2 is 1.13 bits per heavy atom. The van der Waals surface area contributed by atoms with Gasteiger partial charge in [0.15, 0.2) is 0 Å². The molecular weight excluding hydrogens is 438 g/mol. The van der Waals surface area contributed by atoms with Crippen molar-refractivity contribution in [1.82, 2.24) is 0 Å². The molecule has 4 nitrogen and oxygen atoms in total. The van der Waals surface area contributed by atoms with Crippen LogP contribution in [-0.4, -0.2) is 39.2 Å². The second-order valence-corrected chi connectivity index (χ2v) is 2.12. The first-order chi connectivity index (χ1) is 5.63. The normalized spacial score (nSPS) is 7.47. The maximum atomic E-state index is 10.3. The Hall–Kier alpha value is -0.338. The molecule has 80 valence electrons. The van der Waals surface area contributed by atoms with Gasteiger partial charge in [-0.3, -0.25) is 0 Å². The molecule has 1 aromatic carbocycles. The van der Waals surface area contributed by atoms with Crippen molar-refractivity contribution in [2.24, 2.45) is 0 Å². The number of carboxylic acids is 2. The van der Waals surface area contributed by atoms with Gasteiger partial charge in [0, 0.05) is 11.1 Å². The van der Waals surface area contributed by atoms with Crippen LogP contribution >= 0.6 is 24.8 Å². The maximum absolute atomic E-state index is 10.3. The topological polar surface area (TPSA) is 80.3 Å². The second-order valence-electron chi connectivity index (χ2n) is 2.12. The molecule has 0 spiro atoms. The number of rotatable bonds is 2. The van der Waals surface area contributed by atoms with E-state index in [0.717, 1.165) is 12.1 Å². The molecule has 0 aliphatic rings. The molecule has 15 heavy (non-hydrogen) atoms.